The number of nitrogens with one attached hydrogen (secondary N) is 2. The van der Waals surface area contributed by atoms with Gasteiger partial charge >= 0.3 is 5.97 Å². The van der Waals surface area contributed by atoms with Crippen molar-refractivity contribution in [3.8, 4) is 5.75 Å². The molecule has 33 heavy (non-hydrogen) atoms. The van der Waals surface area contributed by atoms with Gasteiger partial charge in [-0.3, -0.25) is 9.59 Å². The lowest BCUT2D eigenvalue weighted by Gasteiger charge is -2.24. The lowest BCUT2D eigenvalue weighted by Crippen LogP contribution is -2.55. The van der Waals surface area contributed by atoms with E-state index in [1.807, 2.05) is 27.7 Å². The Morgan fingerprint density at radius 2 is 1.67 bits per heavy atom. The molecular formula is C23H36ClN3O6. The molecule has 6 N–H and O–H groups in total. The summed E-state index contributed by atoms with van der Waals surface area (Å²) in [6.45, 7) is 9.28. The summed E-state index contributed by atoms with van der Waals surface area (Å²) in [5.41, 5.74) is 6.21. The highest BCUT2D eigenvalue weighted by molar-refractivity contribution is 6.31. The summed E-state index contributed by atoms with van der Waals surface area (Å²) in [5.74, 6) is -2.02. The highest BCUT2D eigenvalue weighted by Gasteiger charge is 2.30. The van der Waals surface area contributed by atoms with Gasteiger partial charge in [-0.1, -0.05) is 39.3 Å². The van der Waals surface area contributed by atoms with E-state index in [0.717, 1.165) is 6.42 Å². The predicted octanol–water partition coefficient (Wildman–Crippen LogP) is 2.19. The molecule has 0 heterocycles. The maximum atomic E-state index is 13.1. The number of amides is 2. The summed E-state index contributed by atoms with van der Waals surface area (Å²) in [4.78, 5) is 37.2. The number of carbonyl (C=O) groups excluding carboxylic acids is 2. The highest BCUT2D eigenvalue weighted by Crippen LogP contribution is 2.24. The quantitative estimate of drug-likeness (QED) is 0.287. The maximum Gasteiger partial charge on any atom is 0.328 e. The Kier molecular flexibility index (Phi) is 11.6. The average Bonchev–Trinajstić information content (AvgIpc) is 2.68. The predicted molar refractivity (Wildman–Crippen MR) is 126 cm³/mol. The molecule has 0 radical (unpaired) electrons. The molecule has 2 amide bonds. The smallest absolute Gasteiger partial charge is 0.328 e. The van der Waals surface area contributed by atoms with Crippen LogP contribution in [-0.2, 0) is 9.59 Å². The van der Waals surface area contributed by atoms with Crippen molar-refractivity contribution in [1.29, 1.82) is 0 Å². The van der Waals surface area contributed by atoms with Crippen LogP contribution in [0, 0.1) is 11.8 Å². The van der Waals surface area contributed by atoms with Gasteiger partial charge in [0.2, 0.25) is 5.91 Å². The average molecular weight is 486 g/mol. The van der Waals surface area contributed by atoms with E-state index in [2.05, 4.69) is 10.6 Å². The molecule has 0 spiro atoms. The maximum absolute atomic E-state index is 13.1. The molecule has 0 unspecified atom stereocenters. The van der Waals surface area contributed by atoms with Crippen LogP contribution in [0.5, 0.6) is 5.75 Å². The van der Waals surface area contributed by atoms with Gasteiger partial charge < -0.3 is 31.3 Å². The Morgan fingerprint density at radius 1 is 1.06 bits per heavy atom. The fourth-order valence-electron chi connectivity index (χ4n) is 3.26. The molecule has 0 aliphatic carbocycles. The first-order valence-corrected chi connectivity index (χ1v) is 11.4. The van der Waals surface area contributed by atoms with Gasteiger partial charge in [-0.2, -0.15) is 0 Å². The van der Waals surface area contributed by atoms with Crippen LogP contribution in [-0.4, -0.2) is 58.8 Å². The SMILES string of the molecule is CC(C)C[C@@H](N)COc1ccc(Cl)cc1C(=O)N[C@@H](CC(C)C)C(=O)N[C@H](C(=O)O)[C@@H](C)O. The van der Waals surface area contributed by atoms with Crippen molar-refractivity contribution in [2.75, 3.05) is 6.61 Å². The third-order valence-corrected chi connectivity index (χ3v) is 5.02. The van der Waals surface area contributed by atoms with Gasteiger partial charge in [0.05, 0.1) is 11.7 Å². The summed E-state index contributed by atoms with van der Waals surface area (Å²) in [5, 5.41) is 24.1. The van der Waals surface area contributed by atoms with Crippen molar-refractivity contribution in [3.63, 3.8) is 0 Å². The molecule has 0 aliphatic rings. The number of benzene rings is 1. The molecule has 0 aliphatic heterocycles. The summed E-state index contributed by atoms with van der Waals surface area (Å²) in [7, 11) is 0. The van der Waals surface area contributed by atoms with Crippen LogP contribution in [0.3, 0.4) is 0 Å². The molecule has 0 saturated carbocycles. The van der Waals surface area contributed by atoms with Crippen LogP contribution in [0.25, 0.3) is 0 Å². The summed E-state index contributed by atoms with van der Waals surface area (Å²) in [6, 6.07) is 1.82. The molecule has 0 bridgehead atoms. The first-order chi connectivity index (χ1) is 15.3. The summed E-state index contributed by atoms with van der Waals surface area (Å²) < 4.78 is 5.77. The van der Waals surface area contributed by atoms with Crippen LogP contribution in [0.1, 0.15) is 57.8 Å². The van der Waals surface area contributed by atoms with Crippen molar-refractivity contribution in [2.45, 2.75) is 71.7 Å². The Bertz CT molecular complexity index is 815. The number of hydrogen-bond donors (Lipinski definition) is 5. The van der Waals surface area contributed by atoms with Crippen LogP contribution < -0.4 is 21.1 Å². The molecule has 4 atom stereocenters. The zero-order valence-corrected chi connectivity index (χ0v) is 20.6. The van der Waals surface area contributed by atoms with Crippen LogP contribution in [0.2, 0.25) is 5.02 Å². The van der Waals surface area contributed by atoms with E-state index in [1.54, 1.807) is 12.1 Å². The number of aliphatic carboxylic acids is 1. The summed E-state index contributed by atoms with van der Waals surface area (Å²) >= 11 is 6.08. The van der Waals surface area contributed by atoms with E-state index in [0.29, 0.717) is 10.9 Å². The minimum atomic E-state index is -1.50. The van der Waals surface area contributed by atoms with Gasteiger partial charge in [0.15, 0.2) is 6.04 Å². The molecule has 0 fully saturated rings. The Labute approximate surface area is 200 Å². The van der Waals surface area contributed by atoms with Crippen molar-refractivity contribution in [1.82, 2.24) is 10.6 Å². The lowest BCUT2D eigenvalue weighted by molar-refractivity contribution is -0.145. The number of aliphatic hydroxyl groups is 1. The molecule has 1 aromatic rings. The van der Waals surface area contributed by atoms with Gasteiger partial charge in [-0.15, -0.1) is 0 Å². The van der Waals surface area contributed by atoms with Crippen molar-refractivity contribution < 1.29 is 29.3 Å². The number of aliphatic hydroxyl groups excluding tert-OH is 1. The molecule has 10 heteroatoms. The number of carbonyl (C=O) groups is 3. The number of carboxylic acids is 1. The zero-order valence-electron chi connectivity index (χ0n) is 19.8. The molecule has 1 aromatic carbocycles. The summed E-state index contributed by atoms with van der Waals surface area (Å²) in [6.07, 6.45) is -0.315. The third-order valence-electron chi connectivity index (χ3n) is 4.79. The molecule has 9 nitrogen and oxygen atoms in total. The molecule has 1 rings (SSSR count). The van der Waals surface area contributed by atoms with E-state index >= 15 is 0 Å². The van der Waals surface area contributed by atoms with Crippen molar-refractivity contribution in [3.05, 3.63) is 28.8 Å². The van der Waals surface area contributed by atoms with Gasteiger partial charge in [0.1, 0.15) is 18.4 Å². The normalized spacial score (nSPS) is 15.0. The second-order valence-corrected chi connectivity index (χ2v) is 9.50. The minimum Gasteiger partial charge on any atom is -0.491 e. The van der Waals surface area contributed by atoms with Gasteiger partial charge in [-0.25, -0.2) is 4.79 Å². The third kappa shape index (κ3) is 9.98. The second kappa shape index (κ2) is 13.4. The second-order valence-electron chi connectivity index (χ2n) is 9.06. The van der Waals surface area contributed by atoms with Crippen molar-refractivity contribution >= 4 is 29.4 Å². The number of ether oxygens (including phenoxy) is 1. The topological polar surface area (TPSA) is 151 Å². The van der Waals surface area contributed by atoms with Gasteiger partial charge in [0.25, 0.3) is 5.91 Å². The van der Waals surface area contributed by atoms with Crippen LogP contribution >= 0.6 is 11.6 Å². The van der Waals surface area contributed by atoms with E-state index in [-0.39, 0.29) is 36.3 Å². The first kappa shape index (κ1) is 28.7. The number of halogens is 1. The zero-order chi connectivity index (χ0) is 25.3. The number of nitrogens with two attached hydrogens (primary N) is 1. The monoisotopic (exact) mass is 485 g/mol. The molecule has 186 valence electrons. The van der Waals surface area contributed by atoms with Gasteiger partial charge in [0, 0.05) is 11.1 Å². The number of carboxylic acid groups (broad SMARTS) is 1. The highest BCUT2D eigenvalue weighted by atomic mass is 35.5. The van der Waals surface area contributed by atoms with E-state index in [1.165, 1.54) is 13.0 Å². The Balaban J connectivity index is 3.06. The molecule has 0 saturated heterocycles. The fourth-order valence-corrected chi connectivity index (χ4v) is 3.43. The standard InChI is InChI=1S/C23H36ClN3O6/c1-12(2)8-16(25)11-33-19-7-6-15(24)10-17(19)21(29)26-18(9-13(3)4)22(30)27-20(14(5)28)23(31)32/h6-7,10,12-14,16,18,20,28H,8-9,11,25H2,1-5H3,(H,26,29)(H,27,30)(H,31,32)/t14-,16-,18+,20+/m1/s1. The van der Waals surface area contributed by atoms with Gasteiger partial charge in [-0.05, 0) is 49.8 Å². The fraction of sp³-hybridized carbons (Fsp3) is 0.609. The Hall–Kier alpha value is -2.36. The van der Waals surface area contributed by atoms with Crippen molar-refractivity contribution in [2.24, 2.45) is 17.6 Å². The largest absolute Gasteiger partial charge is 0.491 e. The Morgan fingerprint density at radius 3 is 2.18 bits per heavy atom. The molecular weight excluding hydrogens is 450 g/mol. The van der Waals surface area contributed by atoms with E-state index < -0.39 is 36.0 Å². The molecule has 0 aromatic heterocycles. The van der Waals surface area contributed by atoms with E-state index in [9.17, 15) is 24.6 Å². The van der Waals surface area contributed by atoms with E-state index in [4.69, 9.17) is 22.1 Å². The van der Waals surface area contributed by atoms with Crippen LogP contribution in [0.4, 0.5) is 0 Å². The first-order valence-electron chi connectivity index (χ1n) is 11.0. The number of rotatable bonds is 13. The minimum absolute atomic E-state index is 0.0139. The lowest BCUT2D eigenvalue weighted by atomic mass is 10.0. The number of hydrogen-bond acceptors (Lipinski definition) is 6. The van der Waals surface area contributed by atoms with Crippen LogP contribution in [0.15, 0.2) is 18.2 Å².